The number of carbonyl (C=O) groups is 1. The van der Waals surface area contributed by atoms with Gasteiger partial charge in [0.25, 0.3) is 0 Å². The van der Waals surface area contributed by atoms with Crippen LogP contribution in [0.15, 0.2) is 18.2 Å². The van der Waals surface area contributed by atoms with Crippen LogP contribution in [0.5, 0.6) is 0 Å². The SMILES string of the molecule is CN1CCCN(Cc2ccc(F)c(C(=O)O)c2)CC1. The Kier molecular flexibility index (Phi) is 4.50. The number of hydrogen-bond acceptors (Lipinski definition) is 3. The lowest BCUT2D eigenvalue weighted by molar-refractivity contribution is 0.0691. The zero-order valence-corrected chi connectivity index (χ0v) is 11.1. The van der Waals surface area contributed by atoms with Gasteiger partial charge in [0.1, 0.15) is 5.82 Å². The Morgan fingerprint density at radius 2 is 2.11 bits per heavy atom. The van der Waals surface area contributed by atoms with Crippen LogP contribution in [0.4, 0.5) is 4.39 Å². The van der Waals surface area contributed by atoms with Gasteiger partial charge in [0, 0.05) is 19.6 Å². The van der Waals surface area contributed by atoms with Crippen LogP contribution in [0, 0.1) is 5.82 Å². The van der Waals surface area contributed by atoms with E-state index in [-0.39, 0.29) is 5.56 Å². The molecule has 0 radical (unpaired) electrons. The van der Waals surface area contributed by atoms with Gasteiger partial charge in [0.15, 0.2) is 0 Å². The van der Waals surface area contributed by atoms with E-state index in [2.05, 4.69) is 16.8 Å². The maximum absolute atomic E-state index is 13.3. The van der Waals surface area contributed by atoms with Gasteiger partial charge in [-0.1, -0.05) is 6.07 Å². The molecule has 0 atom stereocenters. The second kappa shape index (κ2) is 6.12. The summed E-state index contributed by atoms with van der Waals surface area (Å²) in [5.74, 6) is -1.89. The van der Waals surface area contributed by atoms with Gasteiger partial charge in [0.05, 0.1) is 5.56 Å². The van der Waals surface area contributed by atoms with E-state index in [1.54, 1.807) is 6.07 Å². The summed E-state index contributed by atoms with van der Waals surface area (Å²) in [5.41, 5.74) is 0.604. The largest absolute Gasteiger partial charge is 0.478 e. The smallest absolute Gasteiger partial charge is 0.338 e. The molecule has 0 unspecified atom stereocenters. The standard InChI is InChI=1S/C14H19FN2O2/c1-16-5-2-6-17(8-7-16)10-11-3-4-13(15)12(9-11)14(18)19/h3-4,9H,2,5-8,10H2,1H3,(H,18,19). The van der Waals surface area contributed by atoms with Crippen molar-refractivity contribution < 1.29 is 14.3 Å². The molecule has 1 fully saturated rings. The average Bonchev–Trinajstić information content (AvgIpc) is 2.56. The van der Waals surface area contributed by atoms with Crippen molar-refractivity contribution in [3.63, 3.8) is 0 Å². The number of halogens is 1. The van der Waals surface area contributed by atoms with Crippen LogP contribution < -0.4 is 0 Å². The number of rotatable bonds is 3. The van der Waals surface area contributed by atoms with Crippen LogP contribution in [0.25, 0.3) is 0 Å². The first-order valence-electron chi connectivity index (χ1n) is 6.49. The van der Waals surface area contributed by atoms with Crippen LogP contribution in [0.1, 0.15) is 22.3 Å². The van der Waals surface area contributed by atoms with E-state index in [9.17, 15) is 9.18 Å². The van der Waals surface area contributed by atoms with Crippen LogP contribution in [0.2, 0.25) is 0 Å². The van der Waals surface area contributed by atoms with Crippen molar-refractivity contribution >= 4 is 5.97 Å². The molecule has 0 bridgehead atoms. The van der Waals surface area contributed by atoms with Gasteiger partial charge in [-0.2, -0.15) is 0 Å². The van der Waals surface area contributed by atoms with E-state index in [1.807, 2.05) is 0 Å². The van der Waals surface area contributed by atoms with Gasteiger partial charge >= 0.3 is 5.97 Å². The third kappa shape index (κ3) is 3.75. The maximum atomic E-state index is 13.3. The summed E-state index contributed by atoms with van der Waals surface area (Å²) in [6.07, 6.45) is 1.10. The third-order valence-corrected chi connectivity index (χ3v) is 3.48. The predicted molar refractivity (Wildman–Crippen MR) is 70.8 cm³/mol. The lowest BCUT2D eigenvalue weighted by Crippen LogP contribution is -2.28. The summed E-state index contributed by atoms with van der Waals surface area (Å²) in [6, 6.07) is 4.34. The molecule has 0 aliphatic carbocycles. The first-order valence-corrected chi connectivity index (χ1v) is 6.49. The number of benzene rings is 1. The Bertz CT molecular complexity index is 465. The molecule has 19 heavy (non-hydrogen) atoms. The lowest BCUT2D eigenvalue weighted by Gasteiger charge is -2.20. The van der Waals surface area contributed by atoms with E-state index in [1.165, 1.54) is 12.1 Å². The van der Waals surface area contributed by atoms with Crippen molar-refractivity contribution in [2.75, 3.05) is 33.2 Å². The highest BCUT2D eigenvalue weighted by atomic mass is 19.1. The number of nitrogens with zero attached hydrogens (tertiary/aromatic N) is 2. The fourth-order valence-corrected chi connectivity index (χ4v) is 2.35. The van der Waals surface area contributed by atoms with Crippen molar-refractivity contribution in [3.8, 4) is 0 Å². The number of aromatic carboxylic acids is 1. The number of carboxylic acid groups (broad SMARTS) is 1. The first-order chi connectivity index (χ1) is 9.06. The first kappa shape index (κ1) is 14.0. The average molecular weight is 266 g/mol. The molecular formula is C14H19FN2O2. The summed E-state index contributed by atoms with van der Waals surface area (Å²) in [5, 5.41) is 8.92. The monoisotopic (exact) mass is 266 g/mol. The van der Waals surface area contributed by atoms with Crippen LogP contribution in [-0.4, -0.2) is 54.1 Å². The van der Waals surface area contributed by atoms with Crippen molar-refractivity contribution in [2.24, 2.45) is 0 Å². The van der Waals surface area contributed by atoms with Crippen molar-refractivity contribution in [1.82, 2.24) is 9.80 Å². The molecule has 1 aliphatic rings. The van der Waals surface area contributed by atoms with Gasteiger partial charge in [-0.25, -0.2) is 9.18 Å². The molecule has 0 amide bonds. The van der Waals surface area contributed by atoms with Crippen LogP contribution in [0.3, 0.4) is 0 Å². The number of likely N-dealkylation sites (N-methyl/N-ethyl adjacent to an activating group) is 1. The normalized spacial score (nSPS) is 18.2. The summed E-state index contributed by atoms with van der Waals surface area (Å²) in [7, 11) is 2.10. The second-order valence-electron chi connectivity index (χ2n) is 5.05. The molecule has 1 heterocycles. The van der Waals surface area contributed by atoms with Crippen molar-refractivity contribution in [3.05, 3.63) is 35.1 Å². The molecule has 1 N–H and O–H groups in total. The molecule has 1 aliphatic heterocycles. The van der Waals surface area contributed by atoms with Crippen LogP contribution in [-0.2, 0) is 6.54 Å². The van der Waals surface area contributed by atoms with Crippen molar-refractivity contribution in [2.45, 2.75) is 13.0 Å². The van der Waals surface area contributed by atoms with E-state index in [4.69, 9.17) is 5.11 Å². The van der Waals surface area contributed by atoms with Crippen LogP contribution >= 0.6 is 0 Å². The number of hydrogen-bond donors (Lipinski definition) is 1. The van der Waals surface area contributed by atoms with E-state index >= 15 is 0 Å². The minimum absolute atomic E-state index is 0.246. The maximum Gasteiger partial charge on any atom is 0.338 e. The van der Waals surface area contributed by atoms with Crippen molar-refractivity contribution in [1.29, 1.82) is 0 Å². The Labute approximate surface area is 112 Å². The molecule has 5 heteroatoms. The van der Waals surface area contributed by atoms with Gasteiger partial charge in [-0.3, -0.25) is 4.90 Å². The third-order valence-electron chi connectivity index (χ3n) is 3.48. The van der Waals surface area contributed by atoms with E-state index in [0.717, 1.165) is 38.2 Å². The minimum atomic E-state index is -1.21. The summed E-state index contributed by atoms with van der Waals surface area (Å²) >= 11 is 0. The molecule has 0 saturated carbocycles. The molecule has 1 aromatic carbocycles. The van der Waals surface area contributed by atoms with Gasteiger partial charge < -0.3 is 10.0 Å². The minimum Gasteiger partial charge on any atom is -0.478 e. The van der Waals surface area contributed by atoms with E-state index in [0.29, 0.717) is 6.54 Å². The quantitative estimate of drug-likeness (QED) is 0.903. The molecule has 1 aromatic rings. The Morgan fingerprint density at radius 3 is 2.84 bits per heavy atom. The molecule has 0 spiro atoms. The Morgan fingerprint density at radius 1 is 1.32 bits per heavy atom. The lowest BCUT2D eigenvalue weighted by atomic mass is 10.1. The molecule has 0 aromatic heterocycles. The molecule has 2 rings (SSSR count). The fourth-order valence-electron chi connectivity index (χ4n) is 2.35. The molecule has 4 nitrogen and oxygen atoms in total. The Balaban J connectivity index is 2.06. The van der Waals surface area contributed by atoms with Gasteiger partial charge in [0.2, 0.25) is 0 Å². The predicted octanol–water partition coefficient (Wildman–Crippen LogP) is 1.66. The highest BCUT2D eigenvalue weighted by Crippen LogP contribution is 2.14. The second-order valence-corrected chi connectivity index (χ2v) is 5.05. The Hall–Kier alpha value is -1.46. The molecule has 104 valence electrons. The number of carboxylic acids is 1. The zero-order chi connectivity index (χ0) is 13.8. The summed E-state index contributed by atoms with van der Waals surface area (Å²) < 4.78 is 13.3. The molecule has 1 saturated heterocycles. The summed E-state index contributed by atoms with van der Waals surface area (Å²) in [4.78, 5) is 15.5. The zero-order valence-electron chi connectivity index (χ0n) is 11.1. The van der Waals surface area contributed by atoms with Gasteiger partial charge in [-0.05, 0) is 44.3 Å². The highest BCUT2D eigenvalue weighted by molar-refractivity contribution is 5.88. The van der Waals surface area contributed by atoms with Gasteiger partial charge in [-0.15, -0.1) is 0 Å². The van der Waals surface area contributed by atoms with E-state index < -0.39 is 11.8 Å². The fraction of sp³-hybridized carbons (Fsp3) is 0.500. The summed E-state index contributed by atoms with van der Waals surface area (Å²) in [6.45, 7) is 4.71. The topological polar surface area (TPSA) is 43.8 Å². The molecular weight excluding hydrogens is 247 g/mol. The highest BCUT2D eigenvalue weighted by Gasteiger charge is 2.15.